The molecule has 1 heterocycles. The van der Waals surface area contributed by atoms with Crippen LogP contribution >= 0.6 is 0 Å². The SMILES string of the molecule is O=C(O)C1CCNCC1OCc1ccccc1. The minimum Gasteiger partial charge on any atom is -0.481 e. The zero-order valence-electron chi connectivity index (χ0n) is 9.63. The zero-order valence-corrected chi connectivity index (χ0v) is 9.63. The lowest BCUT2D eigenvalue weighted by atomic mass is 9.95. The van der Waals surface area contributed by atoms with E-state index in [1.165, 1.54) is 0 Å². The van der Waals surface area contributed by atoms with E-state index in [-0.39, 0.29) is 12.0 Å². The van der Waals surface area contributed by atoms with Crippen LogP contribution in [0.4, 0.5) is 0 Å². The summed E-state index contributed by atoms with van der Waals surface area (Å²) in [6, 6.07) is 9.81. The van der Waals surface area contributed by atoms with Crippen molar-refractivity contribution in [2.45, 2.75) is 19.1 Å². The summed E-state index contributed by atoms with van der Waals surface area (Å²) in [4.78, 5) is 11.1. The third-order valence-corrected chi connectivity index (χ3v) is 3.05. The fraction of sp³-hybridized carbons (Fsp3) is 0.462. The fourth-order valence-corrected chi connectivity index (χ4v) is 2.07. The van der Waals surface area contributed by atoms with Gasteiger partial charge < -0.3 is 15.2 Å². The average molecular weight is 235 g/mol. The molecule has 0 aromatic heterocycles. The molecule has 4 nitrogen and oxygen atoms in total. The molecule has 0 bridgehead atoms. The van der Waals surface area contributed by atoms with Crippen LogP contribution in [0.15, 0.2) is 30.3 Å². The van der Waals surface area contributed by atoms with Crippen molar-refractivity contribution in [3.8, 4) is 0 Å². The highest BCUT2D eigenvalue weighted by molar-refractivity contribution is 5.70. The highest BCUT2D eigenvalue weighted by Crippen LogP contribution is 2.17. The number of ether oxygens (including phenoxy) is 1. The second-order valence-corrected chi connectivity index (χ2v) is 4.27. The number of carbonyl (C=O) groups is 1. The normalized spacial score (nSPS) is 24.5. The Bertz CT molecular complexity index is 366. The van der Waals surface area contributed by atoms with Crippen molar-refractivity contribution >= 4 is 5.97 Å². The standard InChI is InChI=1S/C13H17NO3/c15-13(16)11-6-7-14-8-12(11)17-9-10-4-2-1-3-5-10/h1-5,11-12,14H,6-9H2,(H,15,16). The molecule has 92 valence electrons. The molecule has 0 amide bonds. The van der Waals surface area contributed by atoms with E-state index in [0.29, 0.717) is 19.6 Å². The van der Waals surface area contributed by atoms with Crippen molar-refractivity contribution in [1.82, 2.24) is 5.32 Å². The van der Waals surface area contributed by atoms with E-state index in [4.69, 9.17) is 9.84 Å². The van der Waals surface area contributed by atoms with Gasteiger partial charge in [-0.3, -0.25) is 4.79 Å². The van der Waals surface area contributed by atoms with E-state index in [2.05, 4.69) is 5.32 Å². The first-order valence-corrected chi connectivity index (χ1v) is 5.86. The Kier molecular flexibility index (Phi) is 4.12. The average Bonchev–Trinajstić information content (AvgIpc) is 2.38. The summed E-state index contributed by atoms with van der Waals surface area (Å²) in [6.07, 6.45) is 0.399. The molecule has 1 aromatic carbocycles. The Balaban J connectivity index is 1.90. The van der Waals surface area contributed by atoms with Gasteiger partial charge in [0.2, 0.25) is 0 Å². The maximum Gasteiger partial charge on any atom is 0.309 e. The molecule has 0 aliphatic carbocycles. The second kappa shape index (κ2) is 5.80. The molecule has 2 unspecified atom stereocenters. The predicted octanol–water partition coefficient (Wildman–Crippen LogP) is 1.27. The van der Waals surface area contributed by atoms with Gasteiger partial charge in [-0.05, 0) is 18.5 Å². The molecule has 2 rings (SSSR count). The lowest BCUT2D eigenvalue weighted by Gasteiger charge is -2.29. The van der Waals surface area contributed by atoms with E-state index in [0.717, 1.165) is 12.1 Å². The van der Waals surface area contributed by atoms with E-state index in [9.17, 15) is 4.79 Å². The van der Waals surface area contributed by atoms with Crippen molar-refractivity contribution in [3.63, 3.8) is 0 Å². The molecule has 1 aliphatic rings. The predicted molar refractivity (Wildman–Crippen MR) is 63.6 cm³/mol. The van der Waals surface area contributed by atoms with Crippen LogP contribution in [0.3, 0.4) is 0 Å². The molecule has 0 spiro atoms. The topological polar surface area (TPSA) is 58.6 Å². The molecule has 1 aromatic rings. The Morgan fingerprint density at radius 3 is 2.88 bits per heavy atom. The summed E-state index contributed by atoms with van der Waals surface area (Å²) >= 11 is 0. The van der Waals surface area contributed by atoms with Gasteiger partial charge in [0.15, 0.2) is 0 Å². The largest absolute Gasteiger partial charge is 0.481 e. The summed E-state index contributed by atoms with van der Waals surface area (Å²) in [5.74, 6) is -1.15. The van der Waals surface area contributed by atoms with E-state index in [1.54, 1.807) is 0 Å². The smallest absolute Gasteiger partial charge is 0.309 e. The third-order valence-electron chi connectivity index (χ3n) is 3.05. The van der Waals surface area contributed by atoms with Crippen LogP contribution in [-0.4, -0.2) is 30.3 Å². The Hall–Kier alpha value is -1.39. The van der Waals surface area contributed by atoms with Gasteiger partial charge in [-0.1, -0.05) is 30.3 Å². The number of carboxylic acid groups (broad SMARTS) is 1. The molecular weight excluding hydrogens is 218 g/mol. The van der Waals surface area contributed by atoms with Gasteiger partial charge in [0.05, 0.1) is 18.6 Å². The van der Waals surface area contributed by atoms with Crippen LogP contribution < -0.4 is 5.32 Å². The minimum atomic E-state index is -0.760. The number of carboxylic acids is 1. The van der Waals surface area contributed by atoms with Crippen LogP contribution in [0.1, 0.15) is 12.0 Å². The van der Waals surface area contributed by atoms with Gasteiger partial charge in [-0.25, -0.2) is 0 Å². The van der Waals surface area contributed by atoms with Crippen LogP contribution in [0.2, 0.25) is 0 Å². The fourth-order valence-electron chi connectivity index (χ4n) is 2.07. The van der Waals surface area contributed by atoms with Crippen molar-refractivity contribution in [1.29, 1.82) is 0 Å². The first-order chi connectivity index (χ1) is 8.27. The number of rotatable bonds is 4. The molecule has 2 N–H and O–H groups in total. The summed E-state index contributed by atoms with van der Waals surface area (Å²) in [7, 11) is 0. The van der Waals surface area contributed by atoms with Crippen LogP contribution in [-0.2, 0) is 16.1 Å². The minimum absolute atomic E-state index is 0.235. The van der Waals surface area contributed by atoms with E-state index < -0.39 is 5.97 Å². The van der Waals surface area contributed by atoms with Gasteiger partial charge in [0.25, 0.3) is 0 Å². The molecular formula is C13H17NO3. The Labute approximate surface area is 101 Å². The Morgan fingerprint density at radius 1 is 1.41 bits per heavy atom. The molecule has 4 heteroatoms. The highest BCUT2D eigenvalue weighted by atomic mass is 16.5. The lowest BCUT2D eigenvalue weighted by Crippen LogP contribution is -2.45. The van der Waals surface area contributed by atoms with Crippen LogP contribution in [0.5, 0.6) is 0 Å². The maximum absolute atomic E-state index is 11.1. The number of nitrogens with one attached hydrogen (secondary N) is 1. The first-order valence-electron chi connectivity index (χ1n) is 5.86. The summed E-state index contributed by atoms with van der Waals surface area (Å²) in [5, 5.41) is 12.3. The van der Waals surface area contributed by atoms with Gasteiger partial charge in [-0.15, -0.1) is 0 Å². The van der Waals surface area contributed by atoms with Crippen molar-refractivity contribution in [2.75, 3.05) is 13.1 Å². The monoisotopic (exact) mass is 235 g/mol. The third kappa shape index (κ3) is 3.28. The molecule has 0 saturated carbocycles. The molecule has 0 radical (unpaired) electrons. The zero-order chi connectivity index (χ0) is 12.1. The lowest BCUT2D eigenvalue weighted by molar-refractivity contribution is -0.149. The summed E-state index contributed by atoms with van der Waals surface area (Å²) in [6.45, 7) is 1.84. The molecule has 1 fully saturated rings. The highest BCUT2D eigenvalue weighted by Gasteiger charge is 2.31. The molecule has 2 atom stereocenters. The van der Waals surface area contributed by atoms with Crippen LogP contribution in [0, 0.1) is 5.92 Å². The van der Waals surface area contributed by atoms with Crippen LogP contribution in [0.25, 0.3) is 0 Å². The van der Waals surface area contributed by atoms with E-state index >= 15 is 0 Å². The molecule has 1 saturated heterocycles. The molecule has 1 aliphatic heterocycles. The quantitative estimate of drug-likeness (QED) is 0.825. The number of aliphatic carboxylic acids is 1. The van der Waals surface area contributed by atoms with Gasteiger partial charge in [0, 0.05) is 6.54 Å². The van der Waals surface area contributed by atoms with Gasteiger partial charge in [0.1, 0.15) is 0 Å². The first kappa shape index (κ1) is 12.1. The van der Waals surface area contributed by atoms with Gasteiger partial charge >= 0.3 is 5.97 Å². The second-order valence-electron chi connectivity index (χ2n) is 4.27. The van der Waals surface area contributed by atoms with Gasteiger partial charge in [-0.2, -0.15) is 0 Å². The van der Waals surface area contributed by atoms with E-state index in [1.807, 2.05) is 30.3 Å². The van der Waals surface area contributed by atoms with Crippen molar-refractivity contribution in [3.05, 3.63) is 35.9 Å². The summed E-state index contributed by atoms with van der Waals surface area (Å²) in [5.41, 5.74) is 1.07. The Morgan fingerprint density at radius 2 is 2.18 bits per heavy atom. The van der Waals surface area contributed by atoms with Crippen molar-refractivity contribution in [2.24, 2.45) is 5.92 Å². The molecule has 17 heavy (non-hydrogen) atoms. The number of benzene rings is 1. The summed E-state index contributed by atoms with van der Waals surface area (Å²) < 4.78 is 5.70. The number of hydrogen-bond acceptors (Lipinski definition) is 3. The van der Waals surface area contributed by atoms with Crippen molar-refractivity contribution < 1.29 is 14.6 Å². The maximum atomic E-state index is 11.1. The number of hydrogen-bond donors (Lipinski definition) is 2. The number of piperidine rings is 1.